The number of aromatic nitrogens is 2. The Kier molecular flexibility index (Phi) is 3.66. The molecule has 0 aliphatic heterocycles. The molecule has 4 nitrogen and oxygen atoms in total. The predicted octanol–water partition coefficient (Wildman–Crippen LogP) is 2.46. The fraction of sp³-hybridized carbons (Fsp3) is 0.786. The second kappa shape index (κ2) is 4.92. The van der Waals surface area contributed by atoms with Gasteiger partial charge in [-0.1, -0.05) is 26.7 Å². The van der Waals surface area contributed by atoms with E-state index in [1.54, 1.807) is 18.0 Å². The van der Waals surface area contributed by atoms with Crippen molar-refractivity contribution in [2.45, 2.75) is 45.1 Å². The van der Waals surface area contributed by atoms with Crippen LogP contribution in [0.15, 0.2) is 6.20 Å². The lowest BCUT2D eigenvalue weighted by Gasteiger charge is -2.42. The van der Waals surface area contributed by atoms with Crippen molar-refractivity contribution < 1.29 is 9.84 Å². The molecule has 0 radical (unpaired) electrons. The lowest BCUT2D eigenvalue weighted by Crippen LogP contribution is -2.42. The molecule has 2 atom stereocenters. The molecule has 1 N–H and O–H groups in total. The first-order valence-corrected chi connectivity index (χ1v) is 6.79. The number of methoxy groups -OCH3 is 1. The Hall–Kier alpha value is -1.03. The van der Waals surface area contributed by atoms with Gasteiger partial charge in [-0.05, 0) is 24.7 Å². The summed E-state index contributed by atoms with van der Waals surface area (Å²) in [6.45, 7) is 4.37. The molecule has 0 aromatic carbocycles. The largest absolute Gasteiger partial charge is 0.493 e. The minimum Gasteiger partial charge on any atom is -0.493 e. The molecule has 0 bridgehead atoms. The number of hydrogen-bond acceptors (Lipinski definition) is 3. The van der Waals surface area contributed by atoms with Crippen molar-refractivity contribution >= 4 is 0 Å². The molecule has 1 aliphatic carbocycles. The van der Waals surface area contributed by atoms with Crippen LogP contribution in [0.25, 0.3) is 0 Å². The average molecular weight is 252 g/mol. The molecule has 2 rings (SSSR count). The first-order chi connectivity index (χ1) is 8.50. The maximum absolute atomic E-state index is 11.2. The smallest absolute Gasteiger partial charge is 0.162 e. The minimum absolute atomic E-state index is 0.274. The monoisotopic (exact) mass is 252 g/mol. The molecule has 1 fully saturated rings. The van der Waals surface area contributed by atoms with Crippen LogP contribution in [-0.2, 0) is 12.6 Å². The molecular weight excluding hydrogens is 228 g/mol. The summed E-state index contributed by atoms with van der Waals surface area (Å²) in [6.07, 6.45) is 5.83. The van der Waals surface area contributed by atoms with Crippen molar-refractivity contribution in [1.29, 1.82) is 0 Å². The van der Waals surface area contributed by atoms with Crippen molar-refractivity contribution in [2.24, 2.45) is 18.9 Å². The fourth-order valence-corrected chi connectivity index (χ4v) is 3.42. The zero-order chi connectivity index (χ0) is 13.3. The third-order valence-electron chi connectivity index (χ3n) is 4.28. The molecular formula is C14H24N2O2. The van der Waals surface area contributed by atoms with E-state index in [0.29, 0.717) is 11.7 Å². The first-order valence-electron chi connectivity index (χ1n) is 6.79. The summed E-state index contributed by atoms with van der Waals surface area (Å²) in [5.74, 6) is 1.43. The van der Waals surface area contributed by atoms with Gasteiger partial charge in [-0.15, -0.1) is 0 Å². The molecule has 0 amide bonds. The van der Waals surface area contributed by atoms with Gasteiger partial charge >= 0.3 is 0 Å². The Morgan fingerprint density at radius 3 is 2.83 bits per heavy atom. The van der Waals surface area contributed by atoms with Crippen LogP contribution in [0.4, 0.5) is 0 Å². The van der Waals surface area contributed by atoms with Gasteiger partial charge in [0.05, 0.1) is 13.3 Å². The molecule has 4 heteroatoms. The number of aryl methyl sites for hydroxylation is 1. The van der Waals surface area contributed by atoms with Gasteiger partial charge in [0.1, 0.15) is 11.3 Å². The molecule has 1 saturated carbocycles. The van der Waals surface area contributed by atoms with Gasteiger partial charge in [-0.3, -0.25) is 4.68 Å². The van der Waals surface area contributed by atoms with Gasteiger partial charge < -0.3 is 9.84 Å². The van der Waals surface area contributed by atoms with Crippen LogP contribution in [0.5, 0.6) is 5.75 Å². The van der Waals surface area contributed by atoms with E-state index in [0.717, 1.165) is 25.0 Å². The van der Waals surface area contributed by atoms with E-state index in [1.807, 2.05) is 7.05 Å². The second-order valence-electron chi connectivity index (χ2n) is 5.71. The highest BCUT2D eigenvalue weighted by Gasteiger charge is 2.45. The lowest BCUT2D eigenvalue weighted by atomic mass is 9.68. The zero-order valence-electron chi connectivity index (χ0n) is 11.8. The lowest BCUT2D eigenvalue weighted by molar-refractivity contribution is -0.0792. The van der Waals surface area contributed by atoms with Gasteiger partial charge in [0.25, 0.3) is 0 Å². The summed E-state index contributed by atoms with van der Waals surface area (Å²) < 4.78 is 7.13. The number of aliphatic hydroxyl groups is 1. The molecule has 1 aliphatic rings. The van der Waals surface area contributed by atoms with Crippen LogP contribution in [0.1, 0.15) is 45.2 Å². The van der Waals surface area contributed by atoms with E-state index in [1.165, 1.54) is 6.42 Å². The summed E-state index contributed by atoms with van der Waals surface area (Å²) in [4.78, 5) is 0. The van der Waals surface area contributed by atoms with Crippen molar-refractivity contribution in [3.8, 4) is 5.75 Å². The quantitative estimate of drug-likeness (QED) is 0.899. The highest BCUT2D eigenvalue weighted by atomic mass is 16.5. The van der Waals surface area contributed by atoms with Gasteiger partial charge in [-0.25, -0.2) is 0 Å². The fourth-order valence-electron chi connectivity index (χ4n) is 3.42. The molecule has 1 aromatic heterocycles. The molecule has 0 saturated heterocycles. The third kappa shape index (κ3) is 2.03. The van der Waals surface area contributed by atoms with E-state index < -0.39 is 5.60 Å². The Morgan fingerprint density at radius 1 is 1.50 bits per heavy atom. The number of nitrogens with zero attached hydrogens (tertiary/aromatic N) is 2. The van der Waals surface area contributed by atoms with E-state index in [4.69, 9.17) is 4.74 Å². The number of rotatable bonds is 3. The minimum atomic E-state index is -0.803. The van der Waals surface area contributed by atoms with Crippen LogP contribution in [0.2, 0.25) is 0 Å². The summed E-state index contributed by atoms with van der Waals surface area (Å²) in [6, 6.07) is 0. The Labute approximate surface area is 109 Å². The Bertz CT molecular complexity index is 414. The van der Waals surface area contributed by atoms with Crippen LogP contribution < -0.4 is 4.74 Å². The van der Waals surface area contributed by atoms with Crippen LogP contribution >= 0.6 is 0 Å². The summed E-state index contributed by atoms with van der Waals surface area (Å²) in [7, 11) is 3.51. The topological polar surface area (TPSA) is 47.3 Å². The van der Waals surface area contributed by atoms with E-state index >= 15 is 0 Å². The van der Waals surface area contributed by atoms with Crippen molar-refractivity contribution in [1.82, 2.24) is 9.78 Å². The highest BCUT2D eigenvalue weighted by Crippen LogP contribution is 2.47. The standard InChI is InChI=1S/C14H24N2O2/c1-10(2)11-7-5-6-8-14(11,17)13-12(18-4)9-15-16(13)3/h9-11,17H,5-8H2,1-4H3. The summed E-state index contributed by atoms with van der Waals surface area (Å²) >= 11 is 0. The highest BCUT2D eigenvalue weighted by molar-refractivity contribution is 5.32. The Morgan fingerprint density at radius 2 is 2.22 bits per heavy atom. The van der Waals surface area contributed by atoms with Crippen molar-refractivity contribution in [3.05, 3.63) is 11.9 Å². The van der Waals surface area contributed by atoms with Gasteiger partial charge in [0.2, 0.25) is 0 Å². The summed E-state index contributed by atoms with van der Waals surface area (Å²) in [5, 5.41) is 15.4. The average Bonchev–Trinajstić information content (AvgIpc) is 2.71. The molecule has 18 heavy (non-hydrogen) atoms. The second-order valence-corrected chi connectivity index (χ2v) is 5.71. The normalized spacial score (nSPS) is 28.7. The first kappa shape index (κ1) is 13.4. The summed E-state index contributed by atoms with van der Waals surface area (Å²) in [5.41, 5.74) is 0.0339. The Balaban J connectivity index is 2.46. The molecule has 0 spiro atoms. The third-order valence-corrected chi connectivity index (χ3v) is 4.28. The molecule has 1 heterocycles. The van der Waals surface area contributed by atoms with Crippen LogP contribution in [-0.4, -0.2) is 22.0 Å². The SMILES string of the molecule is COc1cnn(C)c1C1(O)CCCCC1C(C)C. The number of ether oxygens (including phenoxy) is 1. The van der Waals surface area contributed by atoms with Gasteiger partial charge in [-0.2, -0.15) is 5.10 Å². The van der Waals surface area contributed by atoms with Crippen LogP contribution in [0.3, 0.4) is 0 Å². The van der Waals surface area contributed by atoms with Crippen molar-refractivity contribution in [2.75, 3.05) is 7.11 Å². The molecule has 2 unspecified atom stereocenters. The number of hydrogen-bond donors (Lipinski definition) is 1. The molecule has 102 valence electrons. The zero-order valence-corrected chi connectivity index (χ0v) is 11.8. The van der Waals surface area contributed by atoms with Gasteiger partial charge in [0, 0.05) is 7.05 Å². The van der Waals surface area contributed by atoms with E-state index in [9.17, 15) is 5.11 Å². The maximum Gasteiger partial charge on any atom is 0.162 e. The predicted molar refractivity (Wildman–Crippen MR) is 70.5 cm³/mol. The van der Waals surface area contributed by atoms with Crippen LogP contribution in [0, 0.1) is 11.8 Å². The van der Waals surface area contributed by atoms with Gasteiger partial charge in [0.15, 0.2) is 5.75 Å². The maximum atomic E-state index is 11.2. The molecule has 1 aromatic rings. The van der Waals surface area contributed by atoms with Crippen molar-refractivity contribution in [3.63, 3.8) is 0 Å². The van der Waals surface area contributed by atoms with E-state index in [2.05, 4.69) is 18.9 Å². The van der Waals surface area contributed by atoms with E-state index in [-0.39, 0.29) is 5.92 Å².